The highest BCUT2D eigenvalue weighted by molar-refractivity contribution is 5.91. The number of aldehydes is 1. The predicted octanol–water partition coefficient (Wildman–Crippen LogP) is 0.120. The molecule has 0 aliphatic heterocycles. The zero-order valence-corrected chi connectivity index (χ0v) is 8.71. The lowest BCUT2D eigenvalue weighted by molar-refractivity contribution is 0.112. The minimum atomic E-state index is -0.181. The van der Waals surface area contributed by atoms with Crippen LogP contribution in [0.3, 0.4) is 0 Å². The summed E-state index contributed by atoms with van der Waals surface area (Å²) in [4.78, 5) is 10.6. The van der Waals surface area contributed by atoms with Gasteiger partial charge >= 0.3 is 0 Å². The van der Waals surface area contributed by atoms with Gasteiger partial charge in [0.25, 0.3) is 0 Å². The molecule has 0 unspecified atom stereocenters. The second-order valence-electron chi connectivity index (χ2n) is 3.18. The molecule has 0 saturated carbocycles. The Bertz CT molecular complexity index is 462. The summed E-state index contributed by atoms with van der Waals surface area (Å²) in [5.74, 6) is -0.325. The highest BCUT2D eigenvalue weighted by atomic mass is 16.3. The molecule has 0 bridgehead atoms. The Kier molecular flexibility index (Phi) is 3.60. The van der Waals surface area contributed by atoms with Crippen LogP contribution in [0, 0.1) is 6.92 Å². The summed E-state index contributed by atoms with van der Waals surface area (Å²) in [7, 11) is 0. The van der Waals surface area contributed by atoms with Crippen LogP contribution in [0.1, 0.15) is 21.5 Å². The first kappa shape index (κ1) is 11.7. The predicted molar refractivity (Wildman–Crippen MR) is 61.6 cm³/mol. The molecule has 0 saturated heterocycles. The van der Waals surface area contributed by atoms with Crippen molar-refractivity contribution in [1.82, 2.24) is 0 Å². The molecule has 5 N–H and O–H groups in total. The molecular weight excluding hydrogens is 208 g/mol. The summed E-state index contributed by atoms with van der Waals surface area (Å²) in [5, 5.41) is 16.6. The van der Waals surface area contributed by atoms with Gasteiger partial charge < -0.3 is 16.6 Å². The average molecular weight is 220 g/mol. The van der Waals surface area contributed by atoms with E-state index < -0.39 is 0 Å². The van der Waals surface area contributed by atoms with Gasteiger partial charge in [0.05, 0.1) is 11.8 Å². The first-order valence-electron chi connectivity index (χ1n) is 4.45. The van der Waals surface area contributed by atoms with Crippen LogP contribution in [0.25, 0.3) is 0 Å². The Labute approximate surface area is 92.3 Å². The molecule has 84 valence electrons. The van der Waals surface area contributed by atoms with Gasteiger partial charge in [0, 0.05) is 5.56 Å². The van der Waals surface area contributed by atoms with E-state index >= 15 is 0 Å². The Hall–Kier alpha value is -2.37. The van der Waals surface area contributed by atoms with E-state index in [2.05, 4.69) is 10.2 Å². The third-order valence-corrected chi connectivity index (χ3v) is 1.81. The van der Waals surface area contributed by atoms with Crippen LogP contribution in [0.2, 0.25) is 0 Å². The molecule has 0 spiro atoms. The molecule has 0 atom stereocenters. The normalized spacial score (nSPS) is 10.3. The van der Waals surface area contributed by atoms with Crippen molar-refractivity contribution in [3.8, 4) is 5.75 Å². The van der Waals surface area contributed by atoms with Crippen molar-refractivity contribution in [3.05, 3.63) is 28.8 Å². The van der Waals surface area contributed by atoms with E-state index in [1.807, 2.05) is 0 Å². The monoisotopic (exact) mass is 220 g/mol. The number of carbonyl (C=O) groups is 1. The largest absolute Gasteiger partial charge is 0.507 e. The Balaban J connectivity index is 3.14. The number of carbonyl (C=O) groups excluding carboxylic acids is 1. The molecule has 0 aromatic heterocycles. The number of aryl methyl sites for hydroxylation is 1. The van der Waals surface area contributed by atoms with Crippen LogP contribution in [0.15, 0.2) is 22.3 Å². The average Bonchev–Trinajstić information content (AvgIpc) is 2.22. The van der Waals surface area contributed by atoms with Crippen LogP contribution in [-0.4, -0.2) is 23.6 Å². The van der Waals surface area contributed by atoms with Gasteiger partial charge in [-0.1, -0.05) is 0 Å². The first-order valence-corrected chi connectivity index (χ1v) is 4.45. The molecule has 0 aliphatic rings. The quantitative estimate of drug-likeness (QED) is 0.290. The minimum Gasteiger partial charge on any atom is -0.507 e. The van der Waals surface area contributed by atoms with Gasteiger partial charge in [0.1, 0.15) is 5.75 Å². The van der Waals surface area contributed by atoms with E-state index in [-0.39, 0.29) is 17.3 Å². The van der Waals surface area contributed by atoms with E-state index in [0.717, 1.165) is 5.56 Å². The van der Waals surface area contributed by atoms with Gasteiger partial charge in [-0.3, -0.25) is 4.79 Å². The van der Waals surface area contributed by atoms with E-state index in [0.29, 0.717) is 11.8 Å². The summed E-state index contributed by atoms with van der Waals surface area (Å²) < 4.78 is 0. The third kappa shape index (κ3) is 2.81. The molecule has 1 rings (SSSR count). The number of hydrogen-bond acceptors (Lipinski definition) is 4. The number of nitrogens with two attached hydrogens (primary N) is 2. The smallest absolute Gasteiger partial charge is 0.211 e. The first-order chi connectivity index (χ1) is 7.54. The fraction of sp³-hybridized carbons (Fsp3) is 0.100. The maximum Gasteiger partial charge on any atom is 0.211 e. The number of guanidine groups is 1. The number of hydrogen-bond donors (Lipinski definition) is 3. The second-order valence-corrected chi connectivity index (χ2v) is 3.18. The fourth-order valence-corrected chi connectivity index (χ4v) is 1.18. The standard InChI is InChI=1S/C10H12N4O2/c1-6-2-7(4-13-14-10(11)12)9(16)8(3-6)5-15/h2-5,16H,1H3,(H4,11,12,14). The van der Waals surface area contributed by atoms with E-state index in [1.54, 1.807) is 19.1 Å². The van der Waals surface area contributed by atoms with Gasteiger partial charge in [-0.15, -0.1) is 5.10 Å². The third-order valence-electron chi connectivity index (χ3n) is 1.81. The van der Waals surface area contributed by atoms with Gasteiger partial charge in [-0.2, -0.15) is 5.10 Å². The lowest BCUT2D eigenvalue weighted by atomic mass is 10.1. The second kappa shape index (κ2) is 4.92. The zero-order valence-electron chi connectivity index (χ0n) is 8.71. The van der Waals surface area contributed by atoms with Gasteiger partial charge in [0.15, 0.2) is 6.29 Å². The van der Waals surface area contributed by atoms with Crippen molar-refractivity contribution in [2.75, 3.05) is 0 Å². The number of phenolic OH excluding ortho intramolecular Hbond substituents is 1. The van der Waals surface area contributed by atoms with Gasteiger partial charge in [0.2, 0.25) is 5.96 Å². The molecule has 1 aromatic carbocycles. The lowest BCUT2D eigenvalue weighted by Gasteiger charge is -2.03. The number of phenols is 1. The van der Waals surface area contributed by atoms with Gasteiger partial charge in [-0.05, 0) is 24.6 Å². The summed E-state index contributed by atoms with van der Waals surface area (Å²) in [5.41, 5.74) is 11.6. The molecule has 6 heteroatoms. The molecule has 0 radical (unpaired) electrons. The fourth-order valence-electron chi connectivity index (χ4n) is 1.18. The Morgan fingerprint density at radius 3 is 2.56 bits per heavy atom. The van der Waals surface area contributed by atoms with Gasteiger partial charge in [-0.25, -0.2) is 0 Å². The highest BCUT2D eigenvalue weighted by Gasteiger charge is 2.05. The van der Waals surface area contributed by atoms with Crippen molar-refractivity contribution < 1.29 is 9.90 Å². The van der Waals surface area contributed by atoms with E-state index in [1.165, 1.54) is 6.21 Å². The maximum absolute atomic E-state index is 10.6. The summed E-state index contributed by atoms with van der Waals surface area (Å²) in [6.07, 6.45) is 1.84. The van der Waals surface area contributed by atoms with Crippen molar-refractivity contribution in [3.63, 3.8) is 0 Å². The molecule has 0 heterocycles. The Morgan fingerprint density at radius 2 is 2.00 bits per heavy atom. The van der Waals surface area contributed by atoms with Crippen LogP contribution in [0.5, 0.6) is 5.75 Å². The Morgan fingerprint density at radius 1 is 1.38 bits per heavy atom. The molecular formula is C10H12N4O2. The molecule has 1 aromatic rings. The van der Waals surface area contributed by atoms with Crippen molar-refractivity contribution in [2.24, 2.45) is 21.7 Å². The highest BCUT2D eigenvalue weighted by Crippen LogP contribution is 2.21. The summed E-state index contributed by atoms with van der Waals surface area (Å²) in [6, 6.07) is 3.23. The maximum atomic E-state index is 10.6. The van der Waals surface area contributed by atoms with E-state index in [9.17, 15) is 9.90 Å². The van der Waals surface area contributed by atoms with Crippen molar-refractivity contribution >= 4 is 18.5 Å². The lowest BCUT2D eigenvalue weighted by Crippen LogP contribution is -2.21. The van der Waals surface area contributed by atoms with Crippen LogP contribution >= 0.6 is 0 Å². The molecule has 0 fully saturated rings. The summed E-state index contributed by atoms with van der Waals surface area (Å²) in [6.45, 7) is 1.80. The summed E-state index contributed by atoms with van der Waals surface area (Å²) >= 11 is 0. The molecule has 16 heavy (non-hydrogen) atoms. The van der Waals surface area contributed by atoms with E-state index in [4.69, 9.17) is 11.5 Å². The van der Waals surface area contributed by atoms with Crippen LogP contribution in [-0.2, 0) is 0 Å². The minimum absolute atomic E-state index is 0.143. The zero-order chi connectivity index (χ0) is 12.1. The molecule has 0 aliphatic carbocycles. The number of aromatic hydroxyl groups is 1. The molecule has 6 nitrogen and oxygen atoms in total. The van der Waals surface area contributed by atoms with Crippen LogP contribution in [0.4, 0.5) is 0 Å². The number of nitrogens with zero attached hydrogens (tertiary/aromatic N) is 2. The molecule has 0 amide bonds. The SMILES string of the molecule is Cc1cc(C=O)c(O)c(C=NN=C(N)N)c1. The number of rotatable bonds is 3. The van der Waals surface area contributed by atoms with Crippen LogP contribution < -0.4 is 11.5 Å². The van der Waals surface area contributed by atoms with Crippen molar-refractivity contribution in [1.29, 1.82) is 0 Å². The topological polar surface area (TPSA) is 114 Å². The number of benzene rings is 1. The van der Waals surface area contributed by atoms with Crippen molar-refractivity contribution in [2.45, 2.75) is 6.92 Å².